The molecule has 4 aromatic heterocycles. The Morgan fingerprint density at radius 1 is 1.06 bits per heavy atom. The quantitative estimate of drug-likeness (QED) is 0.415. The summed E-state index contributed by atoms with van der Waals surface area (Å²) in [7, 11) is 0. The lowest BCUT2D eigenvalue weighted by Gasteiger charge is -2.31. The third kappa shape index (κ3) is 3.79. The number of fused-ring (bicyclic) bond motifs is 2. The smallest absolute Gasteiger partial charge is 0.250 e. The summed E-state index contributed by atoms with van der Waals surface area (Å²) in [5.74, 6) is 0.713. The second-order valence-electron chi connectivity index (χ2n) is 8.76. The van der Waals surface area contributed by atoms with Crippen LogP contribution in [0.25, 0.3) is 27.9 Å². The minimum absolute atomic E-state index is 0.139. The van der Waals surface area contributed by atoms with Crippen molar-refractivity contribution in [3.63, 3.8) is 0 Å². The molecule has 1 fully saturated rings. The number of likely N-dealkylation sites (tertiary alicyclic amines) is 1. The fraction of sp³-hybridized carbons (Fsp3) is 0.280. The molecule has 0 radical (unpaired) electrons. The van der Waals surface area contributed by atoms with Gasteiger partial charge in [0.2, 0.25) is 5.91 Å². The number of benzene rings is 1. The lowest BCUT2D eigenvalue weighted by Crippen LogP contribution is -2.37. The molecule has 9 nitrogen and oxygen atoms in total. The van der Waals surface area contributed by atoms with Crippen molar-refractivity contribution in [3.8, 4) is 11.3 Å². The van der Waals surface area contributed by atoms with E-state index >= 15 is 0 Å². The van der Waals surface area contributed by atoms with Crippen LogP contribution in [0.15, 0.2) is 61.3 Å². The van der Waals surface area contributed by atoms with Crippen molar-refractivity contribution in [2.45, 2.75) is 32.2 Å². The highest BCUT2D eigenvalue weighted by Crippen LogP contribution is 2.25. The Labute approximate surface area is 196 Å². The van der Waals surface area contributed by atoms with E-state index in [0.717, 1.165) is 53.8 Å². The third-order valence-corrected chi connectivity index (χ3v) is 6.53. The molecule has 0 spiro atoms. The lowest BCUT2D eigenvalue weighted by atomic mass is 10.1. The second-order valence-corrected chi connectivity index (χ2v) is 8.76. The number of carbonyl (C=O) groups excluding carboxylic acids is 1. The van der Waals surface area contributed by atoms with Gasteiger partial charge < -0.3 is 4.90 Å². The van der Waals surface area contributed by atoms with Gasteiger partial charge in [0.1, 0.15) is 5.69 Å². The van der Waals surface area contributed by atoms with Crippen molar-refractivity contribution in [1.29, 1.82) is 0 Å². The molecule has 5 aromatic rings. The Bertz CT molecular complexity index is 1500. The number of pyridine rings is 1. The molecule has 9 heteroatoms. The molecular weight excluding hydrogens is 428 g/mol. The summed E-state index contributed by atoms with van der Waals surface area (Å²) in [5, 5.41) is 10.5. The van der Waals surface area contributed by atoms with Gasteiger partial charge in [0, 0.05) is 49.8 Å². The van der Waals surface area contributed by atoms with Crippen LogP contribution in [-0.2, 0) is 11.2 Å². The zero-order valence-electron chi connectivity index (χ0n) is 18.9. The van der Waals surface area contributed by atoms with E-state index in [0.29, 0.717) is 12.2 Å². The zero-order valence-corrected chi connectivity index (χ0v) is 18.9. The van der Waals surface area contributed by atoms with Crippen LogP contribution < -0.4 is 0 Å². The monoisotopic (exact) mass is 452 g/mol. The number of piperidine rings is 1. The van der Waals surface area contributed by atoms with Gasteiger partial charge in [-0.3, -0.25) is 14.5 Å². The summed E-state index contributed by atoms with van der Waals surface area (Å²) in [5.41, 5.74) is 4.79. The van der Waals surface area contributed by atoms with E-state index in [1.807, 2.05) is 44.8 Å². The molecule has 0 unspecified atom stereocenters. The number of aromatic nitrogens is 7. The van der Waals surface area contributed by atoms with E-state index in [1.54, 1.807) is 19.3 Å². The molecule has 1 aliphatic rings. The van der Waals surface area contributed by atoms with E-state index in [2.05, 4.69) is 38.2 Å². The van der Waals surface area contributed by atoms with E-state index < -0.39 is 0 Å². The largest absolute Gasteiger partial charge is 0.343 e. The molecule has 34 heavy (non-hydrogen) atoms. The van der Waals surface area contributed by atoms with Gasteiger partial charge in [-0.2, -0.15) is 10.2 Å². The summed E-state index contributed by atoms with van der Waals surface area (Å²) in [6, 6.07) is 10.6. The molecule has 0 aliphatic carbocycles. The molecule has 0 atom stereocenters. The van der Waals surface area contributed by atoms with E-state index in [1.165, 1.54) is 5.56 Å². The Hall–Kier alpha value is -4.14. The maximum atomic E-state index is 11.6. The molecule has 5 heterocycles. The molecule has 1 aliphatic heterocycles. The van der Waals surface area contributed by atoms with E-state index in [9.17, 15) is 4.79 Å². The number of hydrogen-bond donors (Lipinski definition) is 0. The first kappa shape index (κ1) is 20.5. The maximum Gasteiger partial charge on any atom is 0.250 e. The summed E-state index contributed by atoms with van der Waals surface area (Å²) in [6.45, 7) is 3.16. The first-order valence-electron chi connectivity index (χ1n) is 11.5. The van der Waals surface area contributed by atoms with Gasteiger partial charge in [-0.25, -0.2) is 14.5 Å². The highest BCUT2D eigenvalue weighted by molar-refractivity contribution is 5.79. The summed E-state index contributed by atoms with van der Waals surface area (Å²) in [6.07, 6.45) is 11.7. The molecule has 0 bridgehead atoms. The fourth-order valence-corrected chi connectivity index (χ4v) is 4.63. The van der Waals surface area contributed by atoms with Gasteiger partial charge in [0.15, 0.2) is 0 Å². The average Bonchev–Trinajstić information content (AvgIpc) is 3.52. The third-order valence-electron chi connectivity index (χ3n) is 6.53. The average molecular weight is 453 g/mol. The standard InChI is InChI=1S/C25H24N8O/c1-17(34)31-9-6-21(7-10-31)32-16-20(13-29-32)24-15-28-25-27-14-22(33(25)30-24)12-18-4-5-23-19(11-18)3-2-8-26-23/h2-5,8,11,13-16,21H,6-7,9-10,12H2,1H3. The van der Waals surface area contributed by atoms with E-state index in [4.69, 9.17) is 5.10 Å². The molecular formula is C25H24N8O. The predicted molar refractivity (Wildman–Crippen MR) is 127 cm³/mol. The zero-order chi connectivity index (χ0) is 23.1. The SMILES string of the molecule is CC(=O)N1CCC(n2cc(-c3cnc4ncc(Cc5ccc6ncccc6c5)n4n3)cn2)CC1. The molecule has 1 amide bonds. The Balaban J connectivity index is 1.25. The van der Waals surface area contributed by atoms with Crippen molar-refractivity contribution in [1.82, 2.24) is 39.2 Å². The number of carbonyl (C=O) groups is 1. The minimum Gasteiger partial charge on any atom is -0.343 e. The normalized spacial score (nSPS) is 14.8. The number of rotatable bonds is 4. The van der Waals surface area contributed by atoms with Crippen molar-refractivity contribution in [2.75, 3.05) is 13.1 Å². The van der Waals surface area contributed by atoms with Crippen LogP contribution in [0, 0.1) is 0 Å². The fourth-order valence-electron chi connectivity index (χ4n) is 4.63. The highest BCUT2D eigenvalue weighted by atomic mass is 16.2. The van der Waals surface area contributed by atoms with Gasteiger partial charge in [-0.1, -0.05) is 12.1 Å². The van der Waals surface area contributed by atoms with Crippen LogP contribution in [0.5, 0.6) is 0 Å². The lowest BCUT2D eigenvalue weighted by molar-refractivity contribution is -0.130. The summed E-state index contributed by atoms with van der Waals surface area (Å²) >= 11 is 0. The number of imidazole rings is 1. The van der Waals surface area contributed by atoms with Crippen molar-refractivity contribution >= 4 is 22.6 Å². The van der Waals surface area contributed by atoms with Crippen LogP contribution >= 0.6 is 0 Å². The number of nitrogens with zero attached hydrogens (tertiary/aromatic N) is 8. The Morgan fingerprint density at radius 3 is 2.76 bits per heavy atom. The van der Waals surface area contributed by atoms with Gasteiger partial charge >= 0.3 is 0 Å². The minimum atomic E-state index is 0.139. The molecule has 170 valence electrons. The number of hydrogen-bond acceptors (Lipinski definition) is 6. The van der Waals surface area contributed by atoms with Crippen molar-refractivity contribution in [2.24, 2.45) is 0 Å². The molecule has 0 N–H and O–H groups in total. The van der Waals surface area contributed by atoms with Crippen LogP contribution in [-0.4, -0.2) is 58.2 Å². The second kappa shape index (κ2) is 8.33. The maximum absolute atomic E-state index is 11.6. The van der Waals surface area contributed by atoms with Gasteiger partial charge in [-0.15, -0.1) is 0 Å². The van der Waals surface area contributed by atoms with Gasteiger partial charge in [0.25, 0.3) is 5.78 Å². The van der Waals surface area contributed by atoms with Crippen molar-refractivity contribution in [3.05, 3.63) is 72.6 Å². The Morgan fingerprint density at radius 2 is 1.91 bits per heavy atom. The molecule has 1 saturated heterocycles. The molecule has 1 aromatic carbocycles. The molecule has 6 rings (SSSR count). The first-order chi connectivity index (χ1) is 16.6. The van der Waals surface area contributed by atoms with E-state index in [-0.39, 0.29) is 11.9 Å². The molecule has 0 saturated carbocycles. The van der Waals surface area contributed by atoms with Gasteiger partial charge in [0.05, 0.1) is 35.8 Å². The first-order valence-corrected chi connectivity index (χ1v) is 11.5. The Kier molecular flexibility index (Phi) is 5.01. The highest BCUT2D eigenvalue weighted by Gasteiger charge is 2.23. The van der Waals surface area contributed by atoms with Crippen LogP contribution in [0.4, 0.5) is 0 Å². The van der Waals surface area contributed by atoms with Crippen molar-refractivity contribution < 1.29 is 4.79 Å². The topological polar surface area (TPSA) is 94.1 Å². The number of amides is 1. The summed E-state index contributed by atoms with van der Waals surface area (Å²) < 4.78 is 3.81. The predicted octanol–water partition coefficient (Wildman–Crippen LogP) is 3.31. The summed E-state index contributed by atoms with van der Waals surface area (Å²) in [4.78, 5) is 26.8. The van der Waals surface area contributed by atoms with Crippen LogP contribution in [0.1, 0.15) is 37.1 Å². The van der Waals surface area contributed by atoms with Gasteiger partial charge in [-0.05, 0) is 36.6 Å². The van der Waals surface area contributed by atoms with Crippen LogP contribution in [0.3, 0.4) is 0 Å². The van der Waals surface area contributed by atoms with Crippen LogP contribution in [0.2, 0.25) is 0 Å².